The smallest absolute Gasteiger partial charge is 0.336 e. The van der Waals surface area contributed by atoms with E-state index < -0.39 is 5.97 Å². The third-order valence-electron chi connectivity index (χ3n) is 4.51. The number of carbonyl (C=O) groups excluding carboxylic acids is 1. The van der Waals surface area contributed by atoms with Crippen LogP contribution in [0.3, 0.4) is 0 Å². The van der Waals surface area contributed by atoms with Crippen molar-refractivity contribution < 1.29 is 14.7 Å². The normalized spacial score (nSPS) is 10.9. The molecule has 0 atom stereocenters. The predicted molar refractivity (Wildman–Crippen MR) is 99.2 cm³/mol. The molecule has 3 nitrogen and oxygen atoms in total. The summed E-state index contributed by atoms with van der Waals surface area (Å²) in [6.45, 7) is 0. The minimum atomic E-state index is -0.962. The molecule has 0 aromatic heterocycles. The van der Waals surface area contributed by atoms with Crippen LogP contribution < -0.4 is 0 Å². The lowest BCUT2D eigenvalue weighted by molar-refractivity contribution is 0.0699. The van der Waals surface area contributed by atoms with Crippen LogP contribution in [0.4, 0.5) is 0 Å². The molecule has 4 aromatic rings. The molecule has 0 radical (unpaired) electrons. The Kier molecular flexibility index (Phi) is 3.55. The average Bonchev–Trinajstić information content (AvgIpc) is 2.66. The fourth-order valence-corrected chi connectivity index (χ4v) is 3.39. The number of carbonyl (C=O) groups is 2. The number of benzene rings is 4. The van der Waals surface area contributed by atoms with Gasteiger partial charge in [-0.1, -0.05) is 66.7 Å². The van der Waals surface area contributed by atoms with E-state index in [1.807, 2.05) is 54.6 Å². The largest absolute Gasteiger partial charge is 0.478 e. The van der Waals surface area contributed by atoms with Crippen LogP contribution in [0.5, 0.6) is 0 Å². The van der Waals surface area contributed by atoms with Gasteiger partial charge in [0.1, 0.15) is 0 Å². The molecule has 0 saturated carbocycles. The fraction of sp³-hybridized carbons (Fsp3) is 0. The summed E-state index contributed by atoms with van der Waals surface area (Å²) in [5, 5.41) is 13.0. The van der Waals surface area contributed by atoms with Crippen LogP contribution in [-0.2, 0) is 0 Å². The summed E-state index contributed by atoms with van der Waals surface area (Å²) >= 11 is 0. The molecule has 0 amide bonds. The van der Waals surface area contributed by atoms with E-state index in [4.69, 9.17) is 0 Å². The van der Waals surface area contributed by atoms with Crippen molar-refractivity contribution >= 4 is 33.8 Å². The first-order valence-corrected chi connectivity index (χ1v) is 7.93. The van der Waals surface area contributed by atoms with E-state index in [1.165, 1.54) is 0 Å². The lowest BCUT2D eigenvalue weighted by atomic mass is 9.89. The van der Waals surface area contributed by atoms with Crippen molar-refractivity contribution in [3.63, 3.8) is 0 Å². The molecule has 0 aliphatic heterocycles. The average molecular weight is 326 g/mol. The second-order valence-electron chi connectivity index (χ2n) is 5.88. The molecule has 4 aromatic carbocycles. The highest BCUT2D eigenvalue weighted by molar-refractivity contribution is 6.14. The van der Waals surface area contributed by atoms with E-state index >= 15 is 0 Å². The van der Waals surface area contributed by atoms with E-state index in [1.54, 1.807) is 18.2 Å². The van der Waals surface area contributed by atoms with Gasteiger partial charge >= 0.3 is 5.97 Å². The molecule has 3 heteroatoms. The van der Waals surface area contributed by atoms with Gasteiger partial charge in [-0.3, -0.25) is 4.79 Å². The number of aldehydes is 1. The van der Waals surface area contributed by atoms with Gasteiger partial charge in [0.05, 0.1) is 5.56 Å². The van der Waals surface area contributed by atoms with E-state index in [2.05, 4.69) is 0 Å². The quantitative estimate of drug-likeness (QED) is 0.528. The zero-order chi connectivity index (χ0) is 17.4. The van der Waals surface area contributed by atoms with Crippen LogP contribution >= 0.6 is 0 Å². The number of rotatable bonds is 3. The van der Waals surface area contributed by atoms with Crippen molar-refractivity contribution in [2.24, 2.45) is 0 Å². The Morgan fingerprint density at radius 2 is 1.44 bits per heavy atom. The highest BCUT2D eigenvalue weighted by Gasteiger charge is 2.16. The third-order valence-corrected chi connectivity index (χ3v) is 4.51. The van der Waals surface area contributed by atoms with E-state index in [9.17, 15) is 14.7 Å². The van der Waals surface area contributed by atoms with Crippen LogP contribution in [0.25, 0.3) is 32.7 Å². The summed E-state index contributed by atoms with van der Waals surface area (Å²) < 4.78 is 0. The Hall–Kier alpha value is -3.46. The first-order chi connectivity index (χ1) is 12.2. The summed E-state index contributed by atoms with van der Waals surface area (Å²) in [5.41, 5.74) is 2.54. The van der Waals surface area contributed by atoms with Crippen molar-refractivity contribution in [1.82, 2.24) is 0 Å². The summed E-state index contributed by atoms with van der Waals surface area (Å²) in [5.74, 6) is -0.962. The summed E-state index contributed by atoms with van der Waals surface area (Å²) in [7, 11) is 0. The van der Waals surface area contributed by atoms with Gasteiger partial charge in [-0.15, -0.1) is 0 Å². The third kappa shape index (κ3) is 2.37. The van der Waals surface area contributed by atoms with Crippen molar-refractivity contribution in [3.8, 4) is 11.1 Å². The molecular weight excluding hydrogens is 312 g/mol. The van der Waals surface area contributed by atoms with Crippen molar-refractivity contribution in [2.45, 2.75) is 0 Å². The Morgan fingerprint density at radius 3 is 2.16 bits per heavy atom. The SMILES string of the molecule is O=Cc1ccc2ccccc2c1-c1ccc(C(=O)O)c2ccccc12. The Balaban J connectivity index is 2.17. The van der Waals surface area contributed by atoms with E-state index in [-0.39, 0.29) is 5.56 Å². The van der Waals surface area contributed by atoms with Crippen LogP contribution in [0, 0.1) is 0 Å². The first-order valence-electron chi connectivity index (χ1n) is 7.93. The summed E-state index contributed by atoms with van der Waals surface area (Å²) in [6.07, 6.45) is 0.849. The number of carboxylic acid groups (broad SMARTS) is 1. The molecule has 0 fully saturated rings. The van der Waals surface area contributed by atoms with Gasteiger partial charge in [0.2, 0.25) is 0 Å². The van der Waals surface area contributed by atoms with Crippen LogP contribution in [0.15, 0.2) is 72.8 Å². The summed E-state index contributed by atoms with van der Waals surface area (Å²) in [6, 6.07) is 22.4. The zero-order valence-corrected chi connectivity index (χ0v) is 13.3. The molecule has 0 saturated heterocycles. The molecule has 25 heavy (non-hydrogen) atoms. The highest BCUT2D eigenvalue weighted by Crippen LogP contribution is 2.37. The first kappa shape index (κ1) is 15.1. The molecule has 0 aliphatic carbocycles. The van der Waals surface area contributed by atoms with Gasteiger partial charge < -0.3 is 5.11 Å². The molecule has 1 N–H and O–H groups in total. The molecule has 4 rings (SSSR count). The second-order valence-corrected chi connectivity index (χ2v) is 5.88. The molecule has 0 aliphatic rings. The van der Waals surface area contributed by atoms with Gasteiger partial charge in [0, 0.05) is 11.1 Å². The lowest BCUT2D eigenvalue weighted by Gasteiger charge is -2.14. The number of hydrogen-bond donors (Lipinski definition) is 1. The monoisotopic (exact) mass is 326 g/mol. The van der Waals surface area contributed by atoms with Gasteiger partial charge in [-0.2, -0.15) is 0 Å². The van der Waals surface area contributed by atoms with Gasteiger partial charge in [0.25, 0.3) is 0 Å². The Labute approximate surface area is 144 Å². The second kappa shape index (κ2) is 5.87. The van der Waals surface area contributed by atoms with Crippen LogP contribution in [-0.4, -0.2) is 17.4 Å². The highest BCUT2D eigenvalue weighted by atomic mass is 16.4. The topological polar surface area (TPSA) is 54.4 Å². The maximum Gasteiger partial charge on any atom is 0.336 e. The van der Waals surface area contributed by atoms with Crippen LogP contribution in [0.2, 0.25) is 0 Å². The molecular formula is C22H14O3. The lowest BCUT2D eigenvalue weighted by Crippen LogP contribution is -1.99. The number of hydrogen-bond acceptors (Lipinski definition) is 2. The van der Waals surface area contributed by atoms with E-state index in [0.29, 0.717) is 10.9 Å². The number of aromatic carboxylic acids is 1. The fourth-order valence-electron chi connectivity index (χ4n) is 3.39. The van der Waals surface area contributed by atoms with Gasteiger partial charge in [-0.25, -0.2) is 4.79 Å². The Bertz CT molecular complexity index is 1140. The van der Waals surface area contributed by atoms with Crippen molar-refractivity contribution in [3.05, 3.63) is 83.9 Å². The van der Waals surface area contributed by atoms with E-state index in [0.717, 1.165) is 33.6 Å². The summed E-state index contributed by atoms with van der Waals surface area (Å²) in [4.78, 5) is 23.2. The maximum absolute atomic E-state index is 11.7. The van der Waals surface area contributed by atoms with Gasteiger partial charge in [0.15, 0.2) is 6.29 Å². The minimum Gasteiger partial charge on any atom is -0.478 e. The molecule has 0 unspecified atom stereocenters. The predicted octanol–water partition coefficient (Wildman–Crippen LogP) is 5.17. The van der Waals surface area contributed by atoms with Crippen molar-refractivity contribution in [1.29, 1.82) is 0 Å². The molecule has 120 valence electrons. The molecule has 0 bridgehead atoms. The molecule has 0 spiro atoms. The van der Waals surface area contributed by atoms with Crippen LogP contribution in [0.1, 0.15) is 20.7 Å². The number of fused-ring (bicyclic) bond motifs is 2. The molecule has 0 heterocycles. The van der Waals surface area contributed by atoms with Gasteiger partial charge in [-0.05, 0) is 33.2 Å². The number of carboxylic acids is 1. The Morgan fingerprint density at radius 1 is 0.760 bits per heavy atom. The minimum absolute atomic E-state index is 0.257. The zero-order valence-electron chi connectivity index (χ0n) is 13.3. The maximum atomic E-state index is 11.7. The standard InChI is InChI=1S/C22H14O3/c23-13-15-10-9-14-5-1-2-6-16(14)21(15)19-11-12-20(22(24)25)18-8-4-3-7-17(18)19/h1-13H,(H,24,25). The van der Waals surface area contributed by atoms with Crippen molar-refractivity contribution in [2.75, 3.05) is 0 Å².